The fourth-order valence-corrected chi connectivity index (χ4v) is 5.33. The second-order valence-electron chi connectivity index (χ2n) is 8.47. The standard InChI is InChI=1S/C27H29N5O3S/c1-19(2)23-17-32(36(34,35)22-11-7-4-8-12-22)26-24(23)25(28-18-29-26)31-15-13-21(14-16-31)30-27(33)20-9-5-3-6-10-20/h3-12,17-19,21H,13-16H2,1-2H3,(H,30,33)/i3D,5D,6D,9D,10D,13D2,15D2. The van der Waals surface area contributed by atoms with Gasteiger partial charge in [-0.25, -0.2) is 22.4 Å². The third-order valence-corrected chi connectivity index (χ3v) is 7.45. The highest BCUT2D eigenvalue weighted by molar-refractivity contribution is 7.90. The minimum absolute atomic E-state index is 0.0134. The Hall–Kier alpha value is -3.72. The lowest BCUT2D eigenvalue weighted by molar-refractivity contribution is 0.0931. The molecule has 1 N–H and O–H groups in total. The van der Waals surface area contributed by atoms with Crippen molar-refractivity contribution in [2.45, 2.75) is 43.5 Å². The van der Waals surface area contributed by atoms with Gasteiger partial charge in [0.1, 0.15) is 12.1 Å². The van der Waals surface area contributed by atoms with Crippen molar-refractivity contribution in [2.75, 3.05) is 17.9 Å². The largest absolute Gasteiger partial charge is 0.356 e. The zero-order valence-corrected chi connectivity index (χ0v) is 20.3. The lowest BCUT2D eigenvalue weighted by atomic mass is 10.0. The number of hydrogen-bond donors (Lipinski definition) is 1. The van der Waals surface area contributed by atoms with Crippen molar-refractivity contribution in [3.63, 3.8) is 0 Å². The number of aromatic nitrogens is 3. The molecule has 1 aliphatic rings. The molecule has 9 heteroatoms. The third kappa shape index (κ3) is 4.46. The Labute approximate surface area is 223 Å². The Morgan fingerprint density at radius 1 is 1.17 bits per heavy atom. The molecule has 2 aromatic carbocycles. The average molecular weight is 513 g/mol. The van der Waals surface area contributed by atoms with Gasteiger partial charge < -0.3 is 10.2 Å². The summed E-state index contributed by atoms with van der Waals surface area (Å²) >= 11 is 0. The van der Waals surface area contributed by atoms with Crippen LogP contribution in [0.15, 0.2) is 78.0 Å². The van der Waals surface area contributed by atoms with Crippen LogP contribution in [0.5, 0.6) is 0 Å². The quantitative estimate of drug-likeness (QED) is 0.416. The molecule has 1 amide bonds. The Morgan fingerprint density at radius 2 is 1.92 bits per heavy atom. The Bertz CT molecular complexity index is 1910. The molecule has 186 valence electrons. The van der Waals surface area contributed by atoms with Gasteiger partial charge in [0.25, 0.3) is 15.9 Å². The number of carbonyl (C=O) groups excluding carboxylic acids is 1. The topological polar surface area (TPSA) is 97.2 Å². The Kier molecular flexibility index (Phi) is 4.17. The summed E-state index contributed by atoms with van der Waals surface area (Å²) in [7, 11) is -4.12. The van der Waals surface area contributed by atoms with Crippen LogP contribution in [0.1, 0.15) is 60.8 Å². The molecule has 36 heavy (non-hydrogen) atoms. The minimum Gasteiger partial charge on any atom is -0.356 e. The van der Waals surface area contributed by atoms with E-state index in [2.05, 4.69) is 15.3 Å². The third-order valence-electron chi connectivity index (χ3n) is 5.79. The molecule has 1 fully saturated rings. The number of nitrogens with one attached hydrogen (secondary N) is 1. The van der Waals surface area contributed by atoms with Crippen molar-refractivity contribution in [1.82, 2.24) is 19.3 Å². The number of anilines is 1. The molecule has 0 saturated carbocycles. The molecular formula is C27H29N5O3S. The first-order valence-corrected chi connectivity index (χ1v) is 12.7. The molecule has 0 aliphatic carbocycles. The van der Waals surface area contributed by atoms with Gasteiger partial charge in [0.05, 0.1) is 17.1 Å². The van der Waals surface area contributed by atoms with Crippen molar-refractivity contribution in [3.8, 4) is 0 Å². The fourth-order valence-electron chi connectivity index (χ4n) is 3.98. The number of hydrogen-bond acceptors (Lipinski definition) is 6. The maximum atomic E-state index is 13.6. The predicted molar refractivity (Wildman–Crippen MR) is 140 cm³/mol. The van der Waals surface area contributed by atoms with Crippen LogP contribution in [0.4, 0.5) is 5.82 Å². The van der Waals surface area contributed by atoms with E-state index in [1.807, 2.05) is 13.8 Å². The van der Waals surface area contributed by atoms with Crippen LogP contribution >= 0.6 is 0 Å². The van der Waals surface area contributed by atoms with Gasteiger partial charge in [-0.05, 0) is 48.5 Å². The highest BCUT2D eigenvalue weighted by Gasteiger charge is 2.29. The van der Waals surface area contributed by atoms with Crippen LogP contribution in [0.2, 0.25) is 0 Å². The first-order chi connectivity index (χ1) is 20.9. The molecule has 1 aliphatic heterocycles. The van der Waals surface area contributed by atoms with Gasteiger partial charge in [0.2, 0.25) is 0 Å². The summed E-state index contributed by atoms with van der Waals surface area (Å²) < 4.78 is 103. The SMILES string of the molecule is [2H]c1c([2H])c([2H])c(C(=O)NC2CCN(c3ncnc4c3c(C(C)C)cn4S(=O)(=O)c3ccccc3)C([2H])([2H])C2([2H])[2H])c([2H])c1[2H]. The van der Waals surface area contributed by atoms with Crippen molar-refractivity contribution in [1.29, 1.82) is 0 Å². The van der Waals surface area contributed by atoms with E-state index < -0.39 is 70.6 Å². The Morgan fingerprint density at radius 3 is 2.64 bits per heavy atom. The average Bonchev–Trinajstić information content (AvgIpc) is 3.40. The summed E-state index contributed by atoms with van der Waals surface area (Å²) in [5.41, 5.74) is -0.201. The number of benzene rings is 2. The molecule has 8 nitrogen and oxygen atoms in total. The molecule has 3 heterocycles. The number of nitrogens with zero attached hydrogens (tertiary/aromatic N) is 4. The van der Waals surface area contributed by atoms with Crippen molar-refractivity contribution >= 4 is 32.8 Å². The van der Waals surface area contributed by atoms with Crippen molar-refractivity contribution in [2.24, 2.45) is 0 Å². The monoisotopic (exact) mass is 512 g/mol. The smallest absolute Gasteiger partial charge is 0.269 e. The van der Waals surface area contributed by atoms with E-state index in [4.69, 9.17) is 12.3 Å². The van der Waals surface area contributed by atoms with Gasteiger partial charge in [0.15, 0.2) is 5.65 Å². The van der Waals surface area contributed by atoms with E-state index in [-0.39, 0.29) is 40.6 Å². The first-order valence-electron chi connectivity index (χ1n) is 15.8. The van der Waals surface area contributed by atoms with E-state index in [0.717, 1.165) is 15.2 Å². The van der Waals surface area contributed by atoms with Gasteiger partial charge in [-0.1, -0.05) is 50.2 Å². The molecule has 0 radical (unpaired) electrons. The van der Waals surface area contributed by atoms with E-state index in [1.165, 1.54) is 18.3 Å². The molecular weight excluding hydrogens is 474 g/mol. The van der Waals surface area contributed by atoms with Gasteiger partial charge in [-0.15, -0.1) is 0 Å². The second-order valence-corrected chi connectivity index (χ2v) is 10.3. The van der Waals surface area contributed by atoms with Crippen LogP contribution in [-0.2, 0) is 10.0 Å². The van der Waals surface area contributed by atoms with Crippen LogP contribution in [-0.4, -0.2) is 47.3 Å². The number of carbonyl (C=O) groups is 1. The fraction of sp³-hybridized carbons (Fsp3) is 0.296. The lowest BCUT2D eigenvalue weighted by Gasteiger charge is -2.33. The molecule has 0 bridgehead atoms. The Balaban J connectivity index is 1.56. The summed E-state index contributed by atoms with van der Waals surface area (Å²) in [6.07, 6.45) is -0.478. The molecule has 4 aromatic rings. The predicted octanol–water partition coefficient (Wildman–Crippen LogP) is 4.19. The number of piperidine rings is 1. The molecule has 1 saturated heterocycles. The highest BCUT2D eigenvalue weighted by Crippen LogP contribution is 2.35. The van der Waals surface area contributed by atoms with E-state index >= 15 is 0 Å². The summed E-state index contributed by atoms with van der Waals surface area (Å²) in [5.74, 6) is -1.43. The maximum absolute atomic E-state index is 13.6. The van der Waals surface area contributed by atoms with Gasteiger partial charge in [0, 0.05) is 36.3 Å². The van der Waals surface area contributed by atoms with Crippen LogP contribution in [0.3, 0.4) is 0 Å². The normalized spacial score (nSPS) is 22.8. The second kappa shape index (κ2) is 9.73. The van der Waals surface area contributed by atoms with Gasteiger partial charge in [-0.2, -0.15) is 0 Å². The first kappa shape index (κ1) is 15.4. The molecule has 0 spiro atoms. The minimum atomic E-state index is -4.12. The maximum Gasteiger partial charge on any atom is 0.269 e. The lowest BCUT2D eigenvalue weighted by Crippen LogP contribution is -2.45. The molecule has 1 atom stereocenters. The number of amides is 1. The highest BCUT2D eigenvalue weighted by atomic mass is 32.2. The summed E-state index contributed by atoms with van der Waals surface area (Å²) in [6, 6.07) is 2.57. The van der Waals surface area contributed by atoms with E-state index in [1.54, 1.807) is 18.2 Å². The molecule has 5 rings (SSSR count). The summed E-state index contributed by atoms with van der Waals surface area (Å²) in [4.78, 5) is 22.8. The van der Waals surface area contributed by atoms with E-state index in [9.17, 15) is 13.2 Å². The van der Waals surface area contributed by atoms with Crippen molar-refractivity contribution in [3.05, 3.63) is 84.2 Å². The number of rotatable bonds is 6. The summed E-state index contributed by atoms with van der Waals surface area (Å²) in [6.45, 7) is 0.621. The van der Waals surface area contributed by atoms with Crippen LogP contribution in [0, 0.1) is 0 Å². The zero-order chi connectivity index (χ0) is 33.2. The number of fused-ring (bicyclic) bond motifs is 1. The summed E-state index contributed by atoms with van der Waals surface area (Å²) in [5, 5.41) is 2.58. The zero-order valence-electron chi connectivity index (χ0n) is 28.5. The van der Waals surface area contributed by atoms with Crippen LogP contribution < -0.4 is 10.2 Å². The van der Waals surface area contributed by atoms with Crippen LogP contribution in [0.25, 0.3) is 11.0 Å². The molecule has 2 aromatic heterocycles. The molecule has 1 unspecified atom stereocenters. The van der Waals surface area contributed by atoms with Gasteiger partial charge in [-0.3, -0.25) is 4.79 Å². The van der Waals surface area contributed by atoms with Gasteiger partial charge >= 0.3 is 0 Å². The van der Waals surface area contributed by atoms with Crippen molar-refractivity contribution < 1.29 is 25.5 Å². The van der Waals surface area contributed by atoms with E-state index in [0.29, 0.717) is 5.56 Å².